The lowest BCUT2D eigenvalue weighted by Crippen LogP contribution is -2.49. The van der Waals surface area contributed by atoms with Crippen molar-refractivity contribution in [2.24, 2.45) is 0 Å². The molecule has 1 atom stereocenters. The van der Waals surface area contributed by atoms with E-state index >= 15 is 0 Å². The van der Waals surface area contributed by atoms with Gasteiger partial charge in [-0.1, -0.05) is 55.7 Å². The first-order valence-corrected chi connectivity index (χ1v) is 13.4. The molecule has 1 aliphatic heterocycles. The van der Waals surface area contributed by atoms with Gasteiger partial charge in [0.05, 0.1) is 23.5 Å². The monoisotopic (exact) mass is 521 g/mol. The van der Waals surface area contributed by atoms with E-state index < -0.39 is 12.1 Å². The average molecular weight is 522 g/mol. The van der Waals surface area contributed by atoms with Crippen LogP contribution >= 0.6 is 0 Å². The molecule has 7 nitrogen and oxygen atoms in total. The van der Waals surface area contributed by atoms with Gasteiger partial charge in [0.2, 0.25) is 5.91 Å². The summed E-state index contributed by atoms with van der Waals surface area (Å²) in [5.41, 5.74) is 7.33. The van der Waals surface area contributed by atoms with E-state index in [1.807, 2.05) is 50.2 Å². The van der Waals surface area contributed by atoms with E-state index in [4.69, 9.17) is 5.26 Å². The molecule has 39 heavy (non-hydrogen) atoms. The molecule has 2 aliphatic rings. The van der Waals surface area contributed by atoms with Gasteiger partial charge in [0.1, 0.15) is 6.04 Å². The number of carbonyl (C=O) groups is 2. The molecule has 1 aliphatic carbocycles. The fourth-order valence-electron chi connectivity index (χ4n) is 4.97. The molecular weight excluding hydrogens is 486 g/mol. The lowest BCUT2D eigenvalue weighted by Gasteiger charge is -2.25. The molecule has 3 N–H and O–H groups in total. The zero-order valence-corrected chi connectivity index (χ0v) is 22.6. The van der Waals surface area contributed by atoms with E-state index in [0.717, 1.165) is 33.7 Å². The van der Waals surface area contributed by atoms with Crippen molar-refractivity contribution in [1.29, 1.82) is 5.26 Å². The first-order chi connectivity index (χ1) is 18.8. The molecule has 1 unspecified atom stereocenters. The minimum atomic E-state index is -0.625. The van der Waals surface area contributed by atoms with Crippen molar-refractivity contribution >= 4 is 28.9 Å². The second-order valence-corrected chi connectivity index (χ2v) is 10.3. The van der Waals surface area contributed by atoms with Gasteiger partial charge >= 0.3 is 6.03 Å². The highest BCUT2D eigenvalue weighted by Gasteiger charge is 2.27. The summed E-state index contributed by atoms with van der Waals surface area (Å²) in [7, 11) is 0. The van der Waals surface area contributed by atoms with Crippen molar-refractivity contribution in [3.8, 4) is 6.07 Å². The van der Waals surface area contributed by atoms with Crippen LogP contribution in [-0.4, -0.2) is 23.0 Å². The molecule has 0 saturated heterocycles. The number of allylic oxidation sites excluding steroid dienone is 1. The van der Waals surface area contributed by atoms with E-state index in [-0.39, 0.29) is 5.91 Å². The van der Waals surface area contributed by atoms with E-state index in [9.17, 15) is 9.59 Å². The number of fused-ring (bicyclic) bond motifs is 1. The maximum Gasteiger partial charge on any atom is 0.319 e. The second-order valence-electron chi connectivity index (χ2n) is 10.3. The summed E-state index contributed by atoms with van der Waals surface area (Å²) in [5.74, 6) is 0.500. The lowest BCUT2D eigenvalue weighted by atomic mass is 9.84. The number of benzene rings is 2. The van der Waals surface area contributed by atoms with Crippen LogP contribution in [0.2, 0.25) is 0 Å². The molecule has 1 fully saturated rings. The summed E-state index contributed by atoms with van der Waals surface area (Å²) in [5, 5.41) is 17.0. The average Bonchev–Trinajstić information content (AvgIpc) is 2.95. The van der Waals surface area contributed by atoms with Crippen molar-refractivity contribution in [1.82, 2.24) is 10.3 Å². The van der Waals surface area contributed by atoms with Gasteiger partial charge in [-0.05, 0) is 79.1 Å². The molecule has 0 bridgehead atoms. The highest BCUT2D eigenvalue weighted by molar-refractivity contribution is 6.01. The van der Waals surface area contributed by atoms with Crippen LogP contribution in [0.3, 0.4) is 0 Å². The Morgan fingerprint density at radius 3 is 2.54 bits per heavy atom. The topological polar surface area (TPSA) is 107 Å². The van der Waals surface area contributed by atoms with E-state index in [2.05, 4.69) is 45.7 Å². The minimum Gasteiger partial charge on any atom is -0.326 e. The summed E-state index contributed by atoms with van der Waals surface area (Å²) in [6, 6.07) is 16.8. The Morgan fingerprint density at radius 1 is 1.10 bits per heavy atom. The normalized spacial score (nSPS) is 16.4. The third-order valence-corrected chi connectivity index (χ3v) is 7.31. The molecular formula is C32H35N5O2. The molecule has 1 saturated carbocycles. The number of carbonyl (C=O) groups excluding carboxylic acids is 2. The number of amides is 3. The van der Waals surface area contributed by atoms with Crippen LogP contribution in [-0.2, 0) is 11.2 Å². The van der Waals surface area contributed by atoms with Gasteiger partial charge in [-0.15, -0.1) is 0 Å². The number of nitrogens with zero attached hydrogens (tertiary/aromatic N) is 2. The fourth-order valence-corrected chi connectivity index (χ4v) is 4.97. The molecule has 0 radical (unpaired) electrons. The van der Waals surface area contributed by atoms with Gasteiger partial charge in [-0.2, -0.15) is 5.26 Å². The van der Waals surface area contributed by atoms with Crippen molar-refractivity contribution in [2.45, 2.75) is 64.3 Å². The number of rotatable bonds is 4. The zero-order valence-electron chi connectivity index (χ0n) is 22.6. The quantitative estimate of drug-likeness (QED) is 0.354. The molecule has 0 spiro atoms. The van der Waals surface area contributed by atoms with Crippen molar-refractivity contribution in [3.05, 3.63) is 95.3 Å². The van der Waals surface area contributed by atoms with E-state index in [0.29, 0.717) is 17.8 Å². The maximum absolute atomic E-state index is 12.3. The number of hydrogen-bond acceptors (Lipinski definition) is 4. The Bertz CT molecular complexity index is 1380. The molecule has 2 heterocycles. The fraction of sp³-hybridized carbons (Fsp3) is 0.312. The Labute approximate surface area is 230 Å². The maximum atomic E-state index is 12.3. The number of aryl methyl sites for hydroxylation is 1. The SMILES string of the molecule is C=C(C)c1ccc(C)c(NC(=O)NC2Cc3ccncc3NC2=O)c1.N#Cc1ccc(C2CCCCC2)cc1. The molecule has 2 aromatic carbocycles. The summed E-state index contributed by atoms with van der Waals surface area (Å²) in [4.78, 5) is 28.5. The molecule has 3 aromatic rings. The van der Waals surface area contributed by atoms with Crippen LogP contribution in [0.1, 0.15) is 72.8 Å². The molecule has 200 valence electrons. The third-order valence-electron chi connectivity index (χ3n) is 7.31. The standard InChI is InChI=1S/C19H20N4O2.C13H15N/c1-11(2)13-5-4-12(3)15(8-13)22-19(25)23-16-9-14-6-7-20-10-17(14)21-18(16)24;14-10-11-6-8-13(9-7-11)12-4-2-1-3-5-12/h4-8,10,16H,1,9H2,2-3H3,(H,21,24)(H2,22,23,25);6-9,12H,1-5H2. The Morgan fingerprint density at radius 2 is 1.85 bits per heavy atom. The van der Waals surface area contributed by atoms with Crippen molar-refractivity contribution in [3.63, 3.8) is 0 Å². The minimum absolute atomic E-state index is 0.247. The van der Waals surface area contributed by atoms with Gasteiger partial charge < -0.3 is 16.0 Å². The van der Waals surface area contributed by atoms with Crippen LogP contribution in [0.25, 0.3) is 5.57 Å². The summed E-state index contributed by atoms with van der Waals surface area (Å²) >= 11 is 0. The summed E-state index contributed by atoms with van der Waals surface area (Å²) in [6.07, 6.45) is 10.5. The second kappa shape index (κ2) is 12.9. The number of nitrogens with one attached hydrogen (secondary N) is 3. The Kier molecular flexibility index (Phi) is 9.11. The van der Waals surface area contributed by atoms with Crippen LogP contribution in [0.4, 0.5) is 16.2 Å². The lowest BCUT2D eigenvalue weighted by molar-refractivity contribution is -0.118. The van der Waals surface area contributed by atoms with Gasteiger partial charge in [0, 0.05) is 18.3 Å². The zero-order chi connectivity index (χ0) is 27.8. The number of hydrogen-bond donors (Lipinski definition) is 3. The van der Waals surface area contributed by atoms with Crippen molar-refractivity contribution < 1.29 is 9.59 Å². The van der Waals surface area contributed by atoms with Crippen LogP contribution in [0.5, 0.6) is 0 Å². The number of aromatic nitrogens is 1. The Hall–Kier alpha value is -4.44. The highest BCUT2D eigenvalue weighted by Crippen LogP contribution is 2.32. The predicted octanol–water partition coefficient (Wildman–Crippen LogP) is 6.71. The Balaban J connectivity index is 0.000000212. The van der Waals surface area contributed by atoms with Gasteiger partial charge in [-0.3, -0.25) is 9.78 Å². The van der Waals surface area contributed by atoms with Gasteiger partial charge in [-0.25, -0.2) is 4.79 Å². The molecule has 1 aromatic heterocycles. The van der Waals surface area contributed by atoms with E-state index in [1.165, 1.54) is 37.7 Å². The number of anilines is 2. The first kappa shape index (κ1) is 27.6. The molecule has 3 amide bonds. The number of nitriles is 1. The van der Waals surface area contributed by atoms with Crippen molar-refractivity contribution in [2.75, 3.05) is 10.6 Å². The highest BCUT2D eigenvalue weighted by atomic mass is 16.2. The predicted molar refractivity (Wildman–Crippen MR) is 155 cm³/mol. The number of urea groups is 1. The van der Waals surface area contributed by atoms with Crippen LogP contribution < -0.4 is 16.0 Å². The van der Waals surface area contributed by atoms with E-state index in [1.54, 1.807) is 12.4 Å². The van der Waals surface area contributed by atoms with Gasteiger partial charge in [0.15, 0.2) is 0 Å². The van der Waals surface area contributed by atoms with Crippen LogP contribution in [0.15, 0.2) is 67.5 Å². The summed E-state index contributed by atoms with van der Waals surface area (Å²) in [6.45, 7) is 7.73. The molecule has 7 heteroatoms. The number of pyridine rings is 1. The van der Waals surface area contributed by atoms with Gasteiger partial charge in [0.25, 0.3) is 0 Å². The third kappa shape index (κ3) is 7.32. The first-order valence-electron chi connectivity index (χ1n) is 13.4. The largest absolute Gasteiger partial charge is 0.326 e. The molecule has 5 rings (SSSR count). The smallest absolute Gasteiger partial charge is 0.319 e. The summed E-state index contributed by atoms with van der Waals surface area (Å²) < 4.78 is 0. The van der Waals surface area contributed by atoms with Crippen LogP contribution in [0, 0.1) is 18.3 Å².